The first-order valence-corrected chi connectivity index (χ1v) is 13.2. The van der Waals surface area contributed by atoms with Crippen LogP contribution in [-0.2, 0) is 20.2 Å². The number of carboxylic acid groups (broad SMARTS) is 1. The summed E-state index contributed by atoms with van der Waals surface area (Å²) >= 11 is 0. The summed E-state index contributed by atoms with van der Waals surface area (Å²) in [6.45, 7) is 3.74. The number of rotatable bonds is 5. The Kier molecular flexibility index (Phi) is 5.92. The Bertz CT molecular complexity index is 1820. The van der Waals surface area contributed by atoms with Crippen molar-refractivity contribution in [1.82, 2.24) is 0 Å². The van der Waals surface area contributed by atoms with Gasteiger partial charge in [0.1, 0.15) is 0 Å². The predicted molar refractivity (Wildman–Crippen MR) is 129 cm³/mol. The van der Waals surface area contributed by atoms with Crippen molar-refractivity contribution in [1.29, 1.82) is 5.41 Å². The molecule has 2 aliphatic rings. The van der Waals surface area contributed by atoms with Crippen LogP contribution in [0, 0.1) is 5.41 Å². The zero-order valence-corrected chi connectivity index (χ0v) is 20.4. The average molecular weight is 533 g/mol. The van der Waals surface area contributed by atoms with Crippen LogP contribution in [0.25, 0.3) is 33.4 Å². The third kappa shape index (κ3) is 4.11. The van der Waals surface area contributed by atoms with Crippen molar-refractivity contribution in [2.24, 2.45) is 0 Å². The maximum absolute atomic E-state index is 12.2. The van der Waals surface area contributed by atoms with Gasteiger partial charge in [0.25, 0.3) is 20.2 Å². The highest BCUT2D eigenvalue weighted by atomic mass is 32.2. The molecule has 11 nitrogen and oxygen atoms in total. The summed E-state index contributed by atoms with van der Waals surface area (Å²) in [6, 6.07) is 9.42. The Morgan fingerprint density at radius 1 is 0.944 bits per heavy atom. The highest BCUT2D eigenvalue weighted by Gasteiger charge is 2.31. The van der Waals surface area contributed by atoms with Crippen LogP contribution in [0.2, 0.25) is 0 Å². The van der Waals surface area contributed by atoms with Crippen LogP contribution in [-0.4, -0.2) is 37.0 Å². The van der Waals surface area contributed by atoms with E-state index in [1.54, 1.807) is 12.1 Å². The summed E-state index contributed by atoms with van der Waals surface area (Å²) in [6.07, 6.45) is 0. The molecule has 2 aromatic carbocycles. The fourth-order valence-electron chi connectivity index (χ4n) is 4.11. The second-order valence-electron chi connectivity index (χ2n) is 8.37. The van der Waals surface area contributed by atoms with E-state index in [4.69, 9.17) is 15.6 Å². The first kappa shape index (κ1) is 25.3. The average Bonchev–Trinajstić information content (AvgIpc) is 2.74. The molecule has 1 aliphatic carbocycles. The minimum absolute atomic E-state index is 0.00764. The molecule has 0 fully saturated rings. The molecule has 2 aromatic rings. The second-order valence-corrected chi connectivity index (χ2v) is 11.1. The van der Waals surface area contributed by atoms with Gasteiger partial charge in [0.2, 0.25) is 0 Å². The SMILES string of the molecule is CC(C)c1ccc(C(=O)O)c(-c2c3ccc(=N)c(S(=O)(=O)O)c-3oc3c(S(=O)(=O)O)c(N)ccc23)c1. The lowest BCUT2D eigenvalue weighted by atomic mass is 9.88. The lowest BCUT2D eigenvalue weighted by molar-refractivity contribution is 0.0697. The number of carbonyl (C=O) groups is 1. The summed E-state index contributed by atoms with van der Waals surface area (Å²) in [5.74, 6) is -1.98. The number of nitrogens with one attached hydrogen (secondary N) is 1. The molecule has 0 amide bonds. The molecule has 0 saturated carbocycles. The molecule has 1 aliphatic heterocycles. The Morgan fingerprint density at radius 2 is 1.58 bits per heavy atom. The number of nitrogen functional groups attached to an aromatic ring is 1. The van der Waals surface area contributed by atoms with Crippen LogP contribution in [0.15, 0.2) is 56.7 Å². The summed E-state index contributed by atoms with van der Waals surface area (Å²) < 4.78 is 74.3. The second kappa shape index (κ2) is 8.41. The van der Waals surface area contributed by atoms with Crippen LogP contribution < -0.4 is 11.1 Å². The molecule has 0 bridgehead atoms. The van der Waals surface area contributed by atoms with E-state index >= 15 is 0 Å². The summed E-state index contributed by atoms with van der Waals surface area (Å²) in [5, 5.41) is 17.3. The van der Waals surface area contributed by atoms with Gasteiger partial charge < -0.3 is 15.3 Å². The van der Waals surface area contributed by atoms with Gasteiger partial charge in [-0.25, -0.2) is 4.79 Å². The molecule has 0 unspecified atom stereocenters. The van der Waals surface area contributed by atoms with E-state index in [0.29, 0.717) is 0 Å². The highest BCUT2D eigenvalue weighted by Crippen LogP contribution is 2.46. The van der Waals surface area contributed by atoms with Gasteiger partial charge in [-0.2, -0.15) is 16.8 Å². The maximum Gasteiger partial charge on any atom is 0.336 e. The van der Waals surface area contributed by atoms with Crippen molar-refractivity contribution in [3.63, 3.8) is 0 Å². The molecule has 4 rings (SSSR count). The lowest BCUT2D eigenvalue weighted by Gasteiger charge is -2.20. The van der Waals surface area contributed by atoms with E-state index in [9.17, 15) is 35.8 Å². The molecule has 0 saturated heterocycles. The standard InChI is InChI=1S/C23H20N2O9S2/c1-10(2)11-3-4-12(23(26)27)15(9-11)18-13-5-7-16(24)21(35(28,29)30)19(13)34-20-14(18)6-8-17(25)22(20)36(31,32)33/h3-10,24H,25H2,1-2H3,(H,26,27)(H,28,29,30)(H,31,32,33). The van der Waals surface area contributed by atoms with Gasteiger partial charge in [-0.1, -0.05) is 19.9 Å². The summed E-state index contributed by atoms with van der Waals surface area (Å²) in [5.41, 5.74) is 5.42. The van der Waals surface area contributed by atoms with Crippen LogP contribution >= 0.6 is 0 Å². The van der Waals surface area contributed by atoms with E-state index in [1.807, 2.05) is 13.8 Å². The molecule has 0 radical (unpaired) electrons. The molecule has 6 N–H and O–H groups in total. The number of carboxylic acids is 1. The highest BCUT2D eigenvalue weighted by molar-refractivity contribution is 7.86. The van der Waals surface area contributed by atoms with Crippen LogP contribution in [0.1, 0.15) is 35.7 Å². The molecule has 36 heavy (non-hydrogen) atoms. The van der Waals surface area contributed by atoms with Crippen molar-refractivity contribution >= 4 is 42.9 Å². The van der Waals surface area contributed by atoms with Crippen LogP contribution in [0.3, 0.4) is 0 Å². The van der Waals surface area contributed by atoms with Gasteiger partial charge >= 0.3 is 5.97 Å². The van der Waals surface area contributed by atoms with Crippen molar-refractivity contribution in [3.05, 3.63) is 58.9 Å². The predicted octanol–water partition coefficient (Wildman–Crippen LogP) is 3.58. The topological polar surface area (TPSA) is 209 Å². The number of hydrogen-bond acceptors (Lipinski definition) is 8. The van der Waals surface area contributed by atoms with Crippen molar-refractivity contribution in [3.8, 4) is 22.5 Å². The largest absolute Gasteiger partial charge is 0.478 e. The first-order valence-electron chi connectivity index (χ1n) is 10.3. The molecule has 0 spiro atoms. The smallest absolute Gasteiger partial charge is 0.336 e. The number of aromatic carboxylic acids is 1. The maximum atomic E-state index is 12.2. The normalized spacial score (nSPS) is 12.5. The molecule has 13 heteroatoms. The van der Waals surface area contributed by atoms with E-state index in [2.05, 4.69) is 0 Å². The molecular formula is C23H20N2O9S2. The third-order valence-electron chi connectivity index (χ3n) is 5.72. The van der Waals surface area contributed by atoms with Gasteiger partial charge in [-0.05, 0) is 53.4 Å². The quantitative estimate of drug-likeness (QED) is 0.143. The molecular weight excluding hydrogens is 512 g/mol. The molecule has 0 aromatic heterocycles. The monoisotopic (exact) mass is 532 g/mol. The summed E-state index contributed by atoms with van der Waals surface area (Å²) in [4.78, 5) is 10.3. The Hall–Kier alpha value is -3.78. The van der Waals surface area contributed by atoms with E-state index in [0.717, 1.165) is 11.6 Å². The molecule has 1 heterocycles. The third-order valence-corrected chi connectivity index (χ3v) is 7.58. The molecule has 188 valence electrons. The minimum Gasteiger partial charge on any atom is -0.478 e. The first-order chi connectivity index (χ1) is 16.6. The fourth-order valence-corrected chi connectivity index (χ4v) is 5.59. The summed E-state index contributed by atoms with van der Waals surface area (Å²) in [7, 11) is -10.1. The van der Waals surface area contributed by atoms with Crippen LogP contribution in [0.4, 0.5) is 5.69 Å². The number of hydrogen-bond donors (Lipinski definition) is 5. The number of anilines is 1. The number of fused-ring (bicyclic) bond motifs is 2. The van der Waals surface area contributed by atoms with Gasteiger partial charge in [-0.15, -0.1) is 0 Å². The van der Waals surface area contributed by atoms with Gasteiger partial charge in [0.05, 0.1) is 16.6 Å². The van der Waals surface area contributed by atoms with Crippen molar-refractivity contribution in [2.75, 3.05) is 5.73 Å². The number of nitrogens with two attached hydrogens (primary N) is 1. The van der Waals surface area contributed by atoms with Crippen molar-refractivity contribution < 1.29 is 40.3 Å². The lowest BCUT2D eigenvalue weighted by Crippen LogP contribution is -2.16. The van der Waals surface area contributed by atoms with E-state index in [-0.39, 0.29) is 33.6 Å². The van der Waals surface area contributed by atoms with E-state index < -0.39 is 58.4 Å². The fraction of sp³-hybridized carbons (Fsp3) is 0.130. The minimum atomic E-state index is -5.07. The number of benzene rings is 3. The van der Waals surface area contributed by atoms with Crippen LogP contribution in [0.5, 0.6) is 0 Å². The van der Waals surface area contributed by atoms with Crippen molar-refractivity contribution in [2.45, 2.75) is 29.6 Å². The van der Waals surface area contributed by atoms with Gasteiger partial charge in [-0.3, -0.25) is 14.5 Å². The van der Waals surface area contributed by atoms with Gasteiger partial charge in [0, 0.05) is 16.5 Å². The van der Waals surface area contributed by atoms with Gasteiger partial charge in [0.15, 0.2) is 21.1 Å². The zero-order valence-electron chi connectivity index (χ0n) is 18.8. The van der Waals surface area contributed by atoms with E-state index in [1.165, 1.54) is 24.3 Å². The molecule has 0 atom stereocenters. The Balaban J connectivity index is 2.40. The Labute approximate surface area is 205 Å². The zero-order chi connectivity index (χ0) is 26.7. The Morgan fingerprint density at radius 3 is 2.14 bits per heavy atom.